The van der Waals surface area contributed by atoms with Crippen molar-refractivity contribution < 1.29 is 4.74 Å². The fourth-order valence-corrected chi connectivity index (χ4v) is 2.07. The summed E-state index contributed by atoms with van der Waals surface area (Å²) in [6, 6.07) is 0. The molecule has 0 N–H and O–H groups in total. The number of allylic oxidation sites excluding steroid dienone is 1. The summed E-state index contributed by atoms with van der Waals surface area (Å²) in [4.78, 5) is 0. The van der Waals surface area contributed by atoms with Crippen molar-refractivity contribution in [2.45, 2.75) is 36.7 Å². The largest absolute Gasteiger partial charge is 0.371 e. The molecule has 1 aliphatic carbocycles. The van der Waals surface area contributed by atoms with E-state index in [2.05, 4.69) is 12.2 Å². The van der Waals surface area contributed by atoms with Crippen LogP contribution in [0.3, 0.4) is 0 Å². The van der Waals surface area contributed by atoms with Crippen molar-refractivity contribution in [2.24, 2.45) is 0 Å². The molecule has 1 saturated heterocycles. The summed E-state index contributed by atoms with van der Waals surface area (Å²) in [5.41, 5.74) is 0.0887. The van der Waals surface area contributed by atoms with E-state index in [1.165, 1.54) is 12.8 Å². The minimum Gasteiger partial charge on any atom is -0.371 e. The van der Waals surface area contributed by atoms with E-state index < -0.39 is 0 Å². The van der Waals surface area contributed by atoms with Gasteiger partial charge >= 0.3 is 0 Å². The van der Waals surface area contributed by atoms with Crippen molar-refractivity contribution in [3.8, 4) is 0 Å². The average molecular weight is 173 g/mol. The van der Waals surface area contributed by atoms with Gasteiger partial charge in [0, 0.05) is 6.61 Å². The Morgan fingerprint density at radius 1 is 1.45 bits per heavy atom. The lowest BCUT2D eigenvalue weighted by atomic mass is 9.88. The molecule has 2 atom stereocenters. The summed E-state index contributed by atoms with van der Waals surface area (Å²) >= 11 is 5.94. The van der Waals surface area contributed by atoms with Gasteiger partial charge in [-0.2, -0.15) is 0 Å². The van der Waals surface area contributed by atoms with Gasteiger partial charge < -0.3 is 4.74 Å². The zero-order valence-corrected chi connectivity index (χ0v) is 7.31. The van der Waals surface area contributed by atoms with Gasteiger partial charge in [-0.05, 0) is 25.7 Å². The van der Waals surface area contributed by atoms with Gasteiger partial charge in [-0.1, -0.05) is 12.2 Å². The topological polar surface area (TPSA) is 9.23 Å². The normalized spacial score (nSPS) is 43.5. The van der Waals surface area contributed by atoms with Crippen LogP contribution in [0.2, 0.25) is 0 Å². The molecule has 1 aliphatic heterocycles. The number of halogens is 1. The van der Waals surface area contributed by atoms with E-state index in [0.29, 0.717) is 0 Å². The number of hydrogen-bond acceptors (Lipinski definition) is 1. The van der Waals surface area contributed by atoms with Gasteiger partial charge in [0.2, 0.25) is 0 Å². The van der Waals surface area contributed by atoms with Crippen molar-refractivity contribution in [3.05, 3.63) is 12.2 Å². The molecule has 0 bridgehead atoms. The van der Waals surface area contributed by atoms with Gasteiger partial charge in [0.15, 0.2) is 0 Å². The molecular formula is C9H13ClO. The van der Waals surface area contributed by atoms with Crippen LogP contribution in [-0.2, 0) is 4.74 Å². The molecule has 0 saturated carbocycles. The molecule has 2 rings (SSSR count). The van der Waals surface area contributed by atoms with Crippen LogP contribution >= 0.6 is 11.6 Å². The van der Waals surface area contributed by atoms with Crippen LogP contribution in [0.25, 0.3) is 0 Å². The monoisotopic (exact) mass is 172 g/mol. The summed E-state index contributed by atoms with van der Waals surface area (Å²) in [5.74, 6) is 0. The molecule has 0 aromatic carbocycles. The third kappa shape index (κ3) is 1.45. The van der Waals surface area contributed by atoms with E-state index in [0.717, 1.165) is 19.4 Å². The second kappa shape index (κ2) is 2.80. The minimum atomic E-state index is 0.0887. The smallest absolute Gasteiger partial charge is 0.0864 e. The molecule has 0 radical (unpaired) electrons. The third-order valence-corrected chi connectivity index (χ3v) is 2.95. The first kappa shape index (κ1) is 7.63. The third-order valence-electron chi connectivity index (χ3n) is 2.59. The first-order valence-electron chi connectivity index (χ1n) is 4.28. The molecule has 1 fully saturated rings. The van der Waals surface area contributed by atoms with Gasteiger partial charge in [-0.25, -0.2) is 0 Å². The lowest BCUT2D eigenvalue weighted by molar-refractivity contribution is 0.0336. The molecule has 11 heavy (non-hydrogen) atoms. The predicted octanol–water partition coefficient (Wildman–Crippen LogP) is 2.49. The summed E-state index contributed by atoms with van der Waals surface area (Å²) in [6.45, 7) is 0.928. The fraction of sp³-hybridized carbons (Fsp3) is 0.778. The van der Waals surface area contributed by atoms with Gasteiger partial charge in [0.1, 0.15) is 0 Å². The maximum atomic E-state index is 5.94. The van der Waals surface area contributed by atoms with E-state index in [-0.39, 0.29) is 11.0 Å². The zero-order chi connectivity index (χ0) is 7.73. The van der Waals surface area contributed by atoms with Crippen molar-refractivity contribution in [1.82, 2.24) is 0 Å². The van der Waals surface area contributed by atoms with Crippen LogP contribution in [0.1, 0.15) is 25.7 Å². The molecule has 62 valence electrons. The van der Waals surface area contributed by atoms with Crippen molar-refractivity contribution in [2.75, 3.05) is 6.61 Å². The van der Waals surface area contributed by atoms with Gasteiger partial charge in [-0.15, -0.1) is 11.6 Å². The second-order valence-electron chi connectivity index (χ2n) is 3.43. The predicted molar refractivity (Wildman–Crippen MR) is 45.9 cm³/mol. The van der Waals surface area contributed by atoms with Crippen molar-refractivity contribution in [1.29, 1.82) is 0 Å². The summed E-state index contributed by atoms with van der Waals surface area (Å²) in [7, 11) is 0. The first-order chi connectivity index (χ1) is 5.31. The molecule has 1 heterocycles. The van der Waals surface area contributed by atoms with Gasteiger partial charge in [0.25, 0.3) is 0 Å². The van der Waals surface area contributed by atoms with Gasteiger partial charge in [0.05, 0.1) is 11.0 Å². The Hall–Kier alpha value is -0.0100. The highest BCUT2D eigenvalue weighted by atomic mass is 35.5. The lowest BCUT2D eigenvalue weighted by Crippen LogP contribution is -2.28. The molecule has 0 amide bonds. The van der Waals surface area contributed by atoms with E-state index in [1.54, 1.807) is 0 Å². The summed E-state index contributed by atoms with van der Waals surface area (Å²) in [6.07, 6.45) is 8.82. The molecule has 0 aromatic rings. The Morgan fingerprint density at radius 3 is 2.91 bits per heavy atom. The quantitative estimate of drug-likeness (QED) is 0.403. The van der Waals surface area contributed by atoms with E-state index in [9.17, 15) is 0 Å². The SMILES string of the molecule is ClC1C=CC2(CCCO2)CC1. The minimum absolute atomic E-state index is 0.0887. The first-order valence-corrected chi connectivity index (χ1v) is 4.72. The van der Waals surface area contributed by atoms with Crippen LogP contribution in [0.15, 0.2) is 12.2 Å². The molecule has 2 heteroatoms. The Balaban J connectivity index is 2.09. The van der Waals surface area contributed by atoms with E-state index in [4.69, 9.17) is 16.3 Å². The Kier molecular flexibility index (Phi) is 1.94. The maximum absolute atomic E-state index is 5.94. The molecule has 2 unspecified atom stereocenters. The van der Waals surface area contributed by atoms with E-state index >= 15 is 0 Å². The molecule has 2 aliphatic rings. The summed E-state index contributed by atoms with van der Waals surface area (Å²) < 4.78 is 5.68. The van der Waals surface area contributed by atoms with Crippen molar-refractivity contribution >= 4 is 11.6 Å². The molecule has 1 nitrogen and oxygen atoms in total. The van der Waals surface area contributed by atoms with Crippen LogP contribution < -0.4 is 0 Å². The van der Waals surface area contributed by atoms with Crippen LogP contribution in [0.4, 0.5) is 0 Å². The molecule has 1 spiro atoms. The van der Waals surface area contributed by atoms with Crippen LogP contribution in [-0.4, -0.2) is 17.6 Å². The lowest BCUT2D eigenvalue weighted by Gasteiger charge is -2.29. The Labute approximate surface area is 72.4 Å². The molecular weight excluding hydrogens is 160 g/mol. The zero-order valence-electron chi connectivity index (χ0n) is 6.55. The van der Waals surface area contributed by atoms with Gasteiger partial charge in [-0.3, -0.25) is 0 Å². The highest BCUT2D eigenvalue weighted by Crippen LogP contribution is 2.36. The standard InChI is InChI=1S/C9H13ClO/c10-8-2-5-9(6-3-8)4-1-7-11-9/h2,5,8H,1,3-4,6-7H2. The number of hydrogen-bond donors (Lipinski definition) is 0. The highest BCUT2D eigenvalue weighted by molar-refractivity contribution is 6.21. The van der Waals surface area contributed by atoms with E-state index in [1.807, 2.05) is 0 Å². The Bertz CT molecular complexity index is 170. The average Bonchev–Trinajstić information content (AvgIpc) is 2.45. The van der Waals surface area contributed by atoms with Crippen LogP contribution in [0, 0.1) is 0 Å². The number of rotatable bonds is 0. The maximum Gasteiger partial charge on any atom is 0.0864 e. The number of alkyl halides is 1. The highest BCUT2D eigenvalue weighted by Gasteiger charge is 2.34. The second-order valence-corrected chi connectivity index (χ2v) is 3.99. The summed E-state index contributed by atoms with van der Waals surface area (Å²) in [5, 5.41) is 0.241. The van der Waals surface area contributed by atoms with Crippen LogP contribution in [0.5, 0.6) is 0 Å². The fourth-order valence-electron chi connectivity index (χ4n) is 1.89. The van der Waals surface area contributed by atoms with Crippen molar-refractivity contribution in [3.63, 3.8) is 0 Å². The Morgan fingerprint density at radius 2 is 2.36 bits per heavy atom. The molecule has 0 aromatic heterocycles. The number of ether oxygens (including phenoxy) is 1.